The third kappa shape index (κ3) is 4.31. The van der Waals surface area contributed by atoms with Crippen molar-refractivity contribution in [1.29, 1.82) is 0 Å². The number of amides is 1. The highest BCUT2D eigenvalue weighted by atomic mass is 16.5. The third-order valence-corrected chi connectivity index (χ3v) is 6.24. The fourth-order valence-corrected chi connectivity index (χ4v) is 4.52. The van der Waals surface area contributed by atoms with Crippen LogP contribution < -0.4 is 14.8 Å². The van der Waals surface area contributed by atoms with Gasteiger partial charge in [0.05, 0.1) is 27.3 Å². The number of likely N-dealkylation sites (N-methyl/N-ethyl adjacent to an activating group) is 1. The Morgan fingerprint density at radius 3 is 2.69 bits per heavy atom. The minimum atomic E-state index is -0.555. The molecule has 0 saturated carbocycles. The molecule has 2 aromatic carbocycles. The van der Waals surface area contributed by atoms with E-state index in [4.69, 9.17) is 9.47 Å². The lowest BCUT2D eigenvalue weighted by Gasteiger charge is -2.25. The van der Waals surface area contributed by atoms with Crippen LogP contribution in [0.5, 0.6) is 11.5 Å². The van der Waals surface area contributed by atoms with E-state index < -0.39 is 6.10 Å². The van der Waals surface area contributed by atoms with Gasteiger partial charge in [0.2, 0.25) is 0 Å². The zero-order valence-corrected chi connectivity index (χ0v) is 19.0. The molecule has 170 valence electrons. The van der Waals surface area contributed by atoms with E-state index in [1.165, 1.54) is 0 Å². The molecule has 0 bridgehead atoms. The van der Waals surface area contributed by atoms with Crippen molar-refractivity contribution >= 4 is 16.8 Å². The van der Waals surface area contributed by atoms with Crippen LogP contribution in [-0.2, 0) is 19.4 Å². The Morgan fingerprint density at radius 1 is 1.12 bits per heavy atom. The van der Waals surface area contributed by atoms with Gasteiger partial charge in [-0.25, -0.2) is 0 Å². The lowest BCUT2D eigenvalue weighted by Crippen LogP contribution is -2.87. The number of hydrogen-bond donors (Lipinski definition) is 2. The van der Waals surface area contributed by atoms with Gasteiger partial charge in [-0.2, -0.15) is 0 Å². The molecule has 1 aliphatic rings. The van der Waals surface area contributed by atoms with E-state index in [1.54, 1.807) is 19.1 Å². The number of nitrogens with two attached hydrogens (primary N) is 1. The first-order valence-corrected chi connectivity index (χ1v) is 11.1. The number of nitrogens with zero attached hydrogens (tertiary/aromatic N) is 2. The Hall–Kier alpha value is -3.03. The number of carbonyl (C=O) groups is 1. The van der Waals surface area contributed by atoms with Crippen molar-refractivity contribution in [2.24, 2.45) is 0 Å². The summed E-state index contributed by atoms with van der Waals surface area (Å²) in [5.74, 6) is 1.48. The molecule has 0 spiro atoms. The first kappa shape index (κ1) is 22.2. The molecule has 0 fully saturated rings. The quantitative estimate of drug-likeness (QED) is 0.496. The molecule has 1 aliphatic heterocycles. The molecule has 1 atom stereocenters. The second-order valence-electron chi connectivity index (χ2n) is 8.34. The monoisotopic (exact) mass is 438 g/mol. The van der Waals surface area contributed by atoms with E-state index in [9.17, 15) is 9.90 Å². The summed E-state index contributed by atoms with van der Waals surface area (Å²) in [5.41, 5.74) is 4.01. The Kier molecular flexibility index (Phi) is 6.67. The summed E-state index contributed by atoms with van der Waals surface area (Å²) in [6.45, 7) is 2.55. The number of quaternary nitrogens is 1. The fourth-order valence-electron chi connectivity index (χ4n) is 4.52. The van der Waals surface area contributed by atoms with E-state index in [1.807, 2.05) is 48.0 Å². The normalized spacial score (nSPS) is 14.5. The number of methoxy groups -OCH3 is 2. The number of fused-ring (bicyclic) bond motifs is 3. The Labute approximate surface area is 188 Å². The summed E-state index contributed by atoms with van der Waals surface area (Å²) in [7, 11) is 5.10. The van der Waals surface area contributed by atoms with E-state index in [2.05, 4.69) is 11.4 Å². The Bertz CT molecular complexity index is 1110. The van der Waals surface area contributed by atoms with E-state index in [-0.39, 0.29) is 5.91 Å². The molecule has 3 aromatic rings. The minimum absolute atomic E-state index is 0.0343. The van der Waals surface area contributed by atoms with Crippen molar-refractivity contribution in [3.63, 3.8) is 0 Å². The Balaban J connectivity index is 1.40. The van der Waals surface area contributed by atoms with Gasteiger partial charge in [0.15, 0.2) is 11.5 Å². The summed E-state index contributed by atoms with van der Waals surface area (Å²) in [5, 5.41) is 14.0. The zero-order valence-electron chi connectivity index (χ0n) is 19.0. The lowest BCUT2D eigenvalue weighted by molar-refractivity contribution is -0.660. The summed E-state index contributed by atoms with van der Waals surface area (Å²) in [6, 6.07) is 14.0. The van der Waals surface area contributed by atoms with Crippen LogP contribution in [0, 0.1) is 0 Å². The molecule has 32 heavy (non-hydrogen) atoms. The fraction of sp³-hybridized carbons (Fsp3) is 0.400. The summed E-state index contributed by atoms with van der Waals surface area (Å²) in [4.78, 5) is 14.7. The molecular formula is C25H32N3O4+. The van der Waals surface area contributed by atoms with Crippen LogP contribution in [-0.4, -0.2) is 67.5 Å². The smallest absolute Gasteiger partial charge is 0.270 e. The zero-order chi connectivity index (χ0) is 22.7. The third-order valence-electron chi connectivity index (χ3n) is 6.24. The maximum Gasteiger partial charge on any atom is 0.270 e. The maximum absolute atomic E-state index is 12.9. The second kappa shape index (κ2) is 9.63. The lowest BCUT2D eigenvalue weighted by atomic mass is 10.0. The number of rotatable bonds is 9. The van der Waals surface area contributed by atoms with Gasteiger partial charge in [0.1, 0.15) is 18.3 Å². The van der Waals surface area contributed by atoms with Gasteiger partial charge >= 0.3 is 0 Å². The molecule has 1 amide bonds. The number of para-hydroxylation sites is 1. The summed E-state index contributed by atoms with van der Waals surface area (Å²) < 4.78 is 12.7. The molecule has 1 aromatic heterocycles. The van der Waals surface area contributed by atoms with Gasteiger partial charge in [-0.3, -0.25) is 4.79 Å². The van der Waals surface area contributed by atoms with Crippen LogP contribution in [0.4, 0.5) is 0 Å². The number of aliphatic hydroxyl groups excluding tert-OH is 1. The van der Waals surface area contributed by atoms with Gasteiger partial charge in [0.25, 0.3) is 5.91 Å². The summed E-state index contributed by atoms with van der Waals surface area (Å²) in [6.07, 6.45) is 1.15. The highest BCUT2D eigenvalue weighted by Gasteiger charge is 2.29. The number of hydrogen-bond acceptors (Lipinski definition) is 4. The molecule has 2 heterocycles. The van der Waals surface area contributed by atoms with Crippen molar-refractivity contribution < 1.29 is 24.7 Å². The van der Waals surface area contributed by atoms with Crippen molar-refractivity contribution in [2.75, 3.05) is 40.9 Å². The van der Waals surface area contributed by atoms with E-state index in [0.717, 1.165) is 65.2 Å². The molecule has 7 nitrogen and oxygen atoms in total. The van der Waals surface area contributed by atoms with Crippen LogP contribution in [0.3, 0.4) is 0 Å². The molecule has 7 heteroatoms. The number of aromatic nitrogens is 1. The van der Waals surface area contributed by atoms with Gasteiger partial charge < -0.3 is 29.4 Å². The second-order valence-corrected chi connectivity index (χ2v) is 8.34. The SMILES string of the molecule is COc1ccc(CC[NH2+]CC(O)Cn2c3c(c4ccccc42)CCN(C)C3=O)cc1OC. The van der Waals surface area contributed by atoms with Crippen molar-refractivity contribution in [1.82, 2.24) is 9.47 Å². The number of benzene rings is 2. The van der Waals surface area contributed by atoms with Gasteiger partial charge in [-0.15, -0.1) is 0 Å². The average molecular weight is 439 g/mol. The molecule has 0 radical (unpaired) electrons. The molecule has 0 saturated heterocycles. The van der Waals surface area contributed by atoms with Gasteiger partial charge in [0, 0.05) is 30.9 Å². The van der Waals surface area contributed by atoms with Crippen LogP contribution >= 0.6 is 0 Å². The Morgan fingerprint density at radius 2 is 1.91 bits per heavy atom. The van der Waals surface area contributed by atoms with Crippen LogP contribution in [0.2, 0.25) is 0 Å². The standard InChI is InChI=1S/C25H31N3O4/c1-27-13-11-20-19-6-4-5-7-21(19)28(24(20)25(27)30)16-18(29)15-26-12-10-17-8-9-22(31-2)23(14-17)32-3/h4-9,14,18,26,29H,10-13,15-16H2,1-3H3/p+1. The highest BCUT2D eigenvalue weighted by molar-refractivity contribution is 6.02. The minimum Gasteiger partial charge on any atom is -0.493 e. The molecule has 1 unspecified atom stereocenters. The van der Waals surface area contributed by atoms with Crippen LogP contribution in [0.25, 0.3) is 10.9 Å². The van der Waals surface area contributed by atoms with Crippen LogP contribution in [0.1, 0.15) is 21.6 Å². The van der Waals surface area contributed by atoms with E-state index >= 15 is 0 Å². The average Bonchev–Trinajstić information content (AvgIpc) is 3.13. The predicted octanol–water partition coefficient (Wildman–Crippen LogP) is 1.45. The van der Waals surface area contributed by atoms with Gasteiger partial charge in [-0.1, -0.05) is 24.3 Å². The predicted molar refractivity (Wildman–Crippen MR) is 124 cm³/mol. The van der Waals surface area contributed by atoms with Gasteiger partial charge in [-0.05, 0) is 35.7 Å². The molecule has 0 aliphatic carbocycles. The van der Waals surface area contributed by atoms with Crippen LogP contribution in [0.15, 0.2) is 42.5 Å². The molecule has 3 N–H and O–H groups in total. The number of ether oxygens (including phenoxy) is 2. The highest BCUT2D eigenvalue weighted by Crippen LogP contribution is 2.31. The first-order valence-electron chi connectivity index (χ1n) is 11.1. The topological polar surface area (TPSA) is 80.5 Å². The molecular weight excluding hydrogens is 406 g/mol. The molecule has 4 rings (SSSR count). The first-order chi connectivity index (χ1) is 15.5. The largest absolute Gasteiger partial charge is 0.493 e. The van der Waals surface area contributed by atoms with Crippen molar-refractivity contribution in [3.05, 3.63) is 59.3 Å². The summed E-state index contributed by atoms with van der Waals surface area (Å²) >= 11 is 0. The van der Waals surface area contributed by atoms with E-state index in [0.29, 0.717) is 13.1 Å². The van der Waals surface area contributed by atoms with Crippen molar-refractivity contribution in [3.8, 4) is 11.5 Å². The maximum atomic E-state index is 12.9. The van der Waals surface area contributed by atoms with Crippen molar-refractivity contribution in [2.45, 2.75) is 25.5 Å². The number of carbonyl (C=O) groups excluding carboxylic acids is 1. The number of aliphatic hydroxyl groups is 1.